The molecule has 0 fully saturated rings. The first-order chi connectivity index (χ1) is 11.7. The fourth-order valence-corrected chi connectivity index (χ4v) is 2.84. The van der Waals surface area contributed by atoms with Gasteiger partial charge in [-0.25, -0.2) is 4.79 Å². The average molecular weight is 340 g/mol. The molecule has 0 saturated heterocycles. The van der Waals surface area contributed by atoms with Gasteiger partial charge in [0, 0.05) is 29.5 Å². The molecule has 4 heteroatoms. The highest BCUT2D eigenvalue weighted by Crippen LogP contribution is 2.27. The highest BCUT2D eigenvalue weighted by Gasteiger charge is 2.17. The summed E-state index contributed by atoms with van der Waals surface area (Å²) in [6.07, 6.45) is 3.79. The fourth-order valence-electron chi connectivity index (χ4n) is 2.64. The van der Waals surface area contributed by atoms with E-state index in [1.54, 1.807) is 6.92 Å². The molecule has 0 amide bonds. The van der Waals surface area contributed by atoms with Gasteiger partial charge in [-0.3, -0.25) is 0 Å². The molecule has 3 rings (SSSR count). The van der Waals surface area contributed by atoms with E-state index in [2.05, 4.69) is 0 Å². The molecule has 0 radical (unpaired) electrons. The summed E-state index contributed by atoms with van der Waals surface area (Å²) in [6, 6.07) is 17.5. The molecule has 0 aliphatic rings. The fraction of sp³-hybridized carbons (Fsp3) is 0.150. The van der Waals surface area contributed by atoms with Gasteiger partial charge in [0.15, 0.2) is 0 Å². The van der Waals surface area contributed by atoms with Crippen molar-refractivity contribution >= 4 is 17.6 Å². The SMILES string of the molecule is CCOC(=O)c1cn(Cc2ccccc2Cl)cc1-c1ccccc1. The minimum atomic E-state index is -0.311. The molecule has 24 heavy (non-hydrogen) atoms. The number of hydrogen-bond acceptors (Lipinski definition) is 2. The number of carbonyl (C=O) groups excluding carboxylic acids is 1. The maximum Gasteiger partial charge on any atom is 0.340 e. The van der Waals surface area contributed by atoms with Crippen molar-refractivity contribution in [3.63, 3.8) is 0 Å². The quantitative estimate of drug-likeness (QED) is 0.610. The minimum Gasteiger partial charge on any atom is -0.462 e. The normalized spacial score (nSPS) is 10.6. The topological polar surface area (TPSA) is 31.2 Å². The predicted octanol–water partition coefficient (Wildman–Crippen LogP) is 5.03. The van der Waals surface area contributed by atoms with Crippen LogP contribution in [0.1, 0.15) is 22.8 Å². The Hall–Kier alpha value is -2.52. The lowest BCUT2D eigenvalue weighted by Crippen LogP contribution is -2.05. The second kappa shape index (κ2) is 7.37. The minimum absolute atomic E-state index is 0.311. The van der Waals surface area contributed by atoms with Crippen molar-refractivity contribution < 1.29 is 9.53 Å². The number of hydrogen-bond donors (Lipinski definition) is 0. The molecule has 0 aliphatic carbocycles. The van der Waals surface area contributed by atoms with E-state index in [1.807, 2.05) is 71.6 Å². The van der Waals surface area contributed by atoms with Crippen molar-refractivity contribution in [2.75, 3.05) is 6.61 Å². The van der Waals surface area contributed by atoms with Gasteiger partial charge < -0.3 is 9.30 Å². The molecule has 2 aromatic carbocycles. The smallest absolute Gasteiger partial charge is 0.340 e. The molecular weight excluding hydrogens is 322 g/mol. The van der Waals surface area contributed by atoms with Crippen LogP contribution in [0.2, 0.25) is 5.02 Å². The molecule has 0 spiro atoms. The Labute approximate surface area is 146 Å². The van der Waals surface area contributed by atoms with E-state index >= 15 is 0 Å². The number of benzene rings is 2. The van der Waals surface area contributed by atoms with Crippen LogP contribution in [-0.4, -0.2) is 17.1 Å². The maximum absolute atomic E-state index is 12.3. The van der Waals surface area contributed by atoms with Crippen LogP contribution in [0.3, 0.4) is 0 Å². The summed E-state index contributed by atoms with van der Waals surface area (Å²) in [7, 11) is 0. The van der Waals surface area contributed by atoms with E-state index < -0.39 is 0 Å². The van der Waals surface area contributed by atoms with Gasteiger partial charge in [0.1, 0.15) is 0 Å². The Kier molecular flexibility index (Phi) is 5.02. The van der Waals surface area contributed by atoms with Crippen LogP contribution in [0.4, 0.5) is 0 Å². The number of rotatable bonds is 5. The van der Waals surface area contributed by atoms with Gasteiger partial charge in [0.05, 0.1) is 12.2 Å². The summed E-state index contributed by atoms with van der Waals surface area (Å²) in [6.45, 7) is 2.75. The number of carbonyl (C=O) groups is 1. The van der Waals surface area contributed by atoms with Gasteiger partial charge in [-0.1, -0.05) is 60.1 Å². The van der Waals surface area contributed by atoms with Gasteiger partial charge in [-0.2, -0.15) is 0 Å². The lowest BCUT2D eigenvalue weighted by Gasteiger charge is -2.05. The Morgan fingerprint density at radius 3 is 2.46 bits per heavy atom. The van der Waals surface area contributed by atoms with Crippen LogP contribution >= 0.6 is 11.6 Å². The lowest BCUT2D eigenvalue weighted by atomic mass is 10.1. The zero-order valence-electron chi connectivity index (χ0n) is 13.4. The first-order valence-corrected chi connectivity index (χ1v) is 8.22. The maximum atomic E-state index is 12.3. The highest BCUT2D eigenvalue weighted by molar-refractivity contribution is 6.31. The van der Waals surface area contributed by atoms with Crippen LogP contribution in [0, 0.1) is 0 Å². The van der Waals surface area contributed by atoms with E-state index in [4.69, 9.17) is 16.3 Å². The first-order valence-electron chi connectivity index (χ1n) is 7.84. The number of aromatic nitrogens is 1. The average Bonchev–Trinajstić information content (AvgIpc) is 3.02. The number of halogens is 1. The van der Waals surface area contributed by atoms with E-state index in [0.717, 1.165) is 16.7 Å². The molecule has 122 valence electrons. The van der Waals surface area contributed by atoms with Crippen LogP contribution < -0.4 is 0 Å². The summed E-state index contributed by atoms with van der Waals surface area (Å²) in [5.41, 5.74) is 3.42. The van der Waals surface area contributed by atoms with Crippen molar-refractivity contribution in [2.24, 2.45) is 0 Å². The van der Waals surface area contributed by atoms with Crippen LogP contribution in [0.25, 0.3) is 11.1 Å². The third-order valence-electron chi connectivity index (χ3n) is 3.77. The molecular formula is C20H18ClNO2. The Bertz CT molecular complexity index is 840. The van der Waals surface area contributed by atoms with Crippen molar-refractivity contribution in [3.05, 3.63) is 83.1 Å². The van der Waals surface area contributed by atoms with Crippen LogP contribution in [0.5, 0.6) is 0 Å². The van der Waals surface area contributed by atoms with Gasteiger partial charge in [0.2, 0.25) is 0 Å². The Morgan fingerprint density at radius 1 is 1.04 bits per heavy atom. The predicted molar refractivity (Wildman–Crippen MR) is 96.4 cm³/mol. The number of esters is 1. The summed E-state index contributed by atoms with van der Waals surface area (Å²) in [5, 5.41) is 0.713. The summed E-state index contributed by atoms with van der Waals surface area (Å²) < 4.78 is 7.17. The summed E-state index contributed by atoms with van der Waals surface area (Å²) in [4.78, 5) is 12.3. The molecule has 0 saturated carbocycles. The zero-order valence-corrected chi connectivity index (χ0v) is 14.2. The Morgan fingerprint density at radius 2 is 1.75 bits per heavy atom. The molecule has 0 atom stereocenters. The van der Waals surface area contributed by atoms with Gasteiger partial charge in [0.25, 0.3) is 0 Å². The second-order valence-electron chi connectivity index (χ2n) is 5.44. The lowest BCUT2D eigenvalue weighted by molar-refractivity contribution is 0.0527. The summed E-state index contributed by atoms with van der Waals surface area (Å²) >= 11 is 6.25. The number of ether oxygens (including phenoxy) is 1. The molecule has 3 nitrogen and oxygen atoms in total. The van der Waals surface area contributed by atoms with Crippen molar-refractivity contribution in [2.45, 2.75) is 13.5 Å². The van der Waals surface area contributed by atoms with E-state index in [1.165, 1.54) is 0 Å². The standard InChI is InChI=1S/C20H18ClNO2/c1-2-24-20(23)18-14-22(12-16-10-6-7-11-19(16)21)13-17(18)15-8-4-3-5-9-15/h3-11,13-14H,2,12H2,1H3. The highest BCUT2D eigenvalue weighted by atomic mass is 35.5. The van der Waals surface area contributed by atoms with Crippen molar-refractivity contribution in [1.29, 1.82) is 0 Å². The van der Waals surface area contributed by atoms with E-state index in [0.29, 0.717) is 23.7 Å². The van der Waals surface area contributed by atoms with Crippen molar-refractivity contribution in [1.82, 2.24) is 4.57 Å². The third kappa shape index (κ3) is 3.52. The summed E-state index contributed by atoms with van der Waals surface area (Å²) in [5.74, 6) is -0.311. The van der Waals surface area contributed by atoms with Crippen molar-refractivity contribution in [3.8, 4) is 11.1 Å². The largest absolute Gasteiger partial charge is 0.462 e. The van der Waals surface area contributed by atoms with Crippen LogP contribution in [-0.2, 0) is 11.3 Å². The third-order valence-corrected chi connectivity index (χ3v) is 4.14. The number of nitrogens with zero attached hydrogens (tertiary/aromatic N) is 1. The Balaban J connectivity index is 2.00. The monoisotopic (exact) mass is 339 g/mol. The first kappa shape index (κ1) is 16.3. The molecule has 1 heterocycles. The zero-order chi connectivity index (χ0) is 16.9. The van der Waals surface area contributed by atoms with E-state index in [9.17, 15) is 4.79 Å². The van der Waals surface area contributed by atoms with Gasteiger partial charge >= 0.3 is 5.97 Å². The molecule has 0 bridgehead atoms. The second-order valence-corrected chi connectivity index (χ2v) is 5.84. The molecule has 0 aliphatic heterocycles. The molecule has 1 aromatic heterocycles. The molecule has 3 aromatic rings. The molecule has 0 N–H and O–H groups in total. The van der Waals surface area contributed by atoms with E-state index in [-0.39, 0.29) is 5.97 Å². The van der Waals surface area contributed by atoms with Gasteiger partial charge in [-0.05, 0) is 24.1 Å². The van der Waals surface area contributed by atoms with Crippen LogP contribution in [0.15, 0.2) is 67.0 Å². The molecule has 0 unspecified atom stereocenters. The van der Waals surface area contributed by atoms with Gasteiger partial charge in [-0.15, -0.1) is 0 Å².